The molecular formula is C19H20ClNO3S. The number of anilines is 1. The van der Waals surface area contributed by atoms with E-state index in [4.69, 9.17) is 16.3 Å². The highest BCUT2D eigenvalue weighted by Crippen LogP contribution is 2.22. The Bertz CT molecular complexity index is 722. The topological polar surface area (TPSA) is 55.4 Å². The number of carbonyl (C=O) groups excluding carboxylic acids is 2. The van der Waals surface area contributed by atoms with E-state index in [0.29, 0.717) is 17.1 Å². The molecule has 25 heavy (non-hydrogen) atoms. The largest absolute Gasteiger partial charge is 0.462 e. The summed E-state index contributed by atoms with van der Waals surface area (Å²) in [5.74, 6) is 1.00. The Kier molecular flexibility index (Phi) is 7.82. The van der Waals surface area contributed by atoms with Crippen molar-refractivity contribution in [3.8, 4) is 0 Å². The van der Waals surface area contributed by atoms with E-state index < -0.39 is 5.97 Å². The van der Waals surface area contributed by atoms with Crippen molar-refractivity contribution in [1.82, 2.24) is 0 Å². The second-order valence-electron chi connectivity index (χ2n) is 5.25. The summed E-state index contributed by atoms with van der Waals surface area (Å²) in [5, 5.41) is 3.09. The Morgan fingerprint density at radius 3 is 2.64 bits per heavy atom. The van der Waals surface area contributed by atoms with Crippen molar-refractivity contribution < 1.29 is 14.3 Å². The Morgan fingerprint density at radius 1 is 1.16 bits per heavy atom. The number of thioether (sulfide) groups is 1. The molecule has 2 aromatic rings. The highest BCUT2D eigenvalue weighted by atomic mass is 35.5. The molecule has 0 bridgehead atoms. The van der Waals surface area contributed by atoms with Crippen LogP contribution < -0.4 is 5.32 Å². The summed E-state index contributed by atoms with van der Waals surface area (Å²) in [6.07, 6.45) is 0.398. The fourth-order valence-corrected chi connectivity index (χ4v) is 3.22. The number of hydrogen-bond acceptors (Lipinski definition) is 4. The number of benzene rings is 2. The number of nitrogens with one attached hydrogen (secondary N) is 1. The van der Waals surface area contributed by atoms with Gasteiger partial charge in [-0.15, -0.1) is 0 Å². The molecular weight excluding hydrogens is 358 g/mol. The summed E-state index contributed by atoms with van der Waals surface area (Å²) >= 11 is 7.71. The average molecular weight is 378 g/mol. The second-order valence-corrected chi connectivity index (χ2v) is 6.76. The van der Waals surface area contributed by atoms with Gasteiger partial charge in [-0.05, 0) is 30.7 Å². The first-order chi connectivity index (χ1) is 12.1. The lowest BCUT2D eigenvalue weighted by atomic mass is 10.2. The number of esters is 1. The average Bonchev–Trinajstić information content (AvgIpc) is 2.61. The monoisotopic (exact) mass is 377 g/mol. The first kappa shape index (κ1) is 19.3. The lowest BCUT2D eigenvalue weighted by Gasteiger charge is -2.09. The van der Waals surface area contributed by atoms with Crippen molar-refractivity contribution in [3.63, 3.8) is 0 Å². The van der Waals surface area contributed by atoms with Gasteiger partial charge in [0.15, 0.2) is 0 Å². The molecule has 0 aromatic heterocycles. The first-order valence-corrected chi connectivity index (χ1v) is 9.51. The van der Waals surface area contributed by atoms with Gasteiger partial charge in [0.05, 0.1) is 17.2 Å². The van der Waals surface area contributed by atoms with Crippen molar-refractivity contribution in [3.05, 3.63) is 64.7 Å². The normalized spacial score (nSPS) is 10.3. The molecule has 0 heterocycles. The molecule has 6 heteroatoms. The first-order valence-electron chi connectivity index (χ1n) is 7.98. The zero-order valence-electron chi connectivity index (χ0n) is 14.0. The van der Waals surface area contributed by atoms with Gasteiger partial charge in [-0.1, -0.05) is 41.9 Å². The fourth-order valence-electron chi connectivity index (χ4n) is 2.12. The van der Waals surface area contributed by atoms with Crippen LogP contribution in [0.5, 0.6) is 0 Å². The van der Waals surface area contributed by atoms with Gasteiger partial charge in [0.1, 0.15) is 0 Å². The maximum absolute atomic E-state index is 12.0. The molecule has 0 unspecified atom stereocenters. The maximum Gasteiger partial charge on any atom is 0.339 e. The van der Waals surface area contributed by atoms with Gasteiger partial charge in [0, 0.05) is 23.6 Å². The second kappa shape index (κ2) is 10.1. The van der Waals surface area contributed by atoms with Crippen molar-refractivity contribution >= 4 is 40.9 Å². The van der Waals surface area contributed by atoms with Crippen LogP contribution in [0.2, 0.25) is 5.02 Å². The SMILES string of the molecule is CCOC(=O)c1cc(NC(=O)CCSCc2ccccc2)ccc1Cl. The van der Waals surface area contributed by atoms with Crippen LogP contribution in [-0.4, -0.2) is 24.2 Å². The molecule has 1 amide bonds. The predicted octanol–water partition coefficient (Wildman–Crippen LogP) is 4.78. The van der Waals surface area contributed by atoms with E-state index in [-0.39, 0.29) is 18.1 Å². The van der Waals surface area contributed by atoms with Crippen LogP contribution in [0.25, 0.3) is 0 Å². The lowest BCUT2D eigenvalue weighted by Crippen LogP contribution is -2.13. The molecule has 1 N–H and O–H groups in total. The van der Waals surface area contributed by atoms with E-state index in [2.05, 4.69) is 17.4 Å². The fraction of sp³-hybridized carbons (Fsp3) is 0.263. The minimum Gasteiger partial charge on any atom is -0.462 e. The van der Waals surface area contributed by atoms with Crippen LogP contribution >= 0.6 is 23.4 Å². The van der Waals surface area contributed by atoms with Crippen molar-refractivity contribution in [1.29, 1.82) is 0 Å². The highest BCUT2D eigenvalue weighted by molar-refractivity contribution is 7.98. The van der Waals surface area contributed by atoms with Crippen LogP contribution in [0.15, 0.2) is 48.5 Å². The summed E-state index contributed by atoms with van der Waals surface area (Å²) < 4.78 is 4.95. The van der Waals surface area contributed by atoms with Crippen LogP contribution in [0.4, 0.5) is 5.69 Å². The zero-order chi connectivity index (χ0) is 18.1. The van der Waals surface area contributed by atoms with Gasteiger partial charge in [-0.3, -0.25) is 4.79 Å². The van der Waals surface area contributed by atoms with E-state index in [1.165, 1.54) is 11.6 Å². The third-order valence-electron chi connectivity index (χ3n) is 3.33. The molecule has 0 fully saturated rings. The number of carbonyl (C=O) groups is 2. The molecule has 0 aliphatic carbocycles. The van der Waals surface area contributed by atoms with E-state index in [0.717, 1.165) is 11.5 Å². The van der Waals surface area contributed by atoms with E-state index in [1.807, 2.05) is 18.2 Å². The minimum absolute atomic E-state index is 0.0994. The summed E-state index contributed by atoms with van der Waals surface area (Å²) in [5.41, 5.74) is 2.02. The quantitative estimate of drug-likeness (QED) is 0.531. The number of rotatable bonds is 8. The van der Waals surface area contributed by atoms with Gasteiger partial charge >= 0.3 is 5.97 Å². The highest BCUT2D eigenvalue weighted by Gasteiger charge is 2.13. The van der Waals surface area contributed by atoms with Crippen LogP contribution in [0, 0.1) is 0 Å². The van der Waals surface area contributed by atoms with E-state index in [1.54, 1.807) is 30.8 Å². The molecule has 0 atom stereocenters. The van der Waals surface area contributed by atoms with Gasteiger partial charge in [-0.25, -0.2) is 4.79 Å². The van der Waals surface area contributed by atoms with E-state index >= 15 is 0 Å². The number of ether oxygens (including phenoxy) is 1. The zero-order valence-corrected chi connectivity index (χ0v) is 15.5. The summed E-state index contributed by atoms with van der Waals surface area (Å²) in [7, 11) is 0. The predicted molar refractivity (Wildman–Crippen MR) is 103 cm³/mol. The van der Waals surface area contributed by atoms with Crippen molar-refractivity contribution in [2.75, 3.05) is 17.7 Å². The smallest absolute Gasteiger partial charge is 0.339 e. The Balaban J connectivity index is 1.82. The van der Waals surface area contributed by atoms with Gasteiger partial charge in [-0.2, -0.15) is 11.8 Å². The standard InChI is InChI=1S/C19H20ClNO3S/c1-2-24-19(23)16-12-15(8-9-17(16)20)21-18(22)10-11-25-13-14-6-4-3-5-7-14/h3-9,12H,2,10-11,13H2,1H3,(H,21,22). The van der Waals surface area contributed by atoms with Gasteiger partial charge < -0.3 is 10.1 Å². The third kappa shape index (κ3) is 6.44. The van der Waals surface area contributed by atoms with Crippen molar-refractivity contribution in [2.24, 2.45) is 0 Å². The molecule has 0 aliphatic rings. The maximum atomic E-state index is 12.0. The molecule has 132 valence electrons. The summed E-state index contributed by atoms with van der Waals surface area (Å²) in [6.45, 7) is 1.99. The number of halogens is 1. The Labute approximate surface area is 156 Å². The third-order valence-corrected chi connectivity index (χ3v) is 4.69. The van der Waals surface area contributed by atoms with Crippen LogP contribution in [0.3, 0.4) is 0 Å². The molecule has 0 saturated heterocycles. The molecule has 0 radical (unpaired) electrons. The molecule has 2 rings (SSSR count). The molecule has 0 saturated carbocycles. The Hall–Kier alpha value is -1.98. The molecule has 4 nitrogen and oxygen atoms in total. The summed E-state index contributed by atoms with van der Waals surface area (Å²) in [4.78, 5) is 23.9. The molecule has 0 spiro atoms. The molecule has 2 aromatic carbocycles. The van der Waals surface area contributed by atoms with Crippen LogP contribution in [-0.2, 0) is 15.3 Å². The summed E-state index contributed by atoms with van der Waals surface area (Å²) in [6, 6.07) is 14.9. The minimum atomic E-state index is -0.498. The lowest BCUT2D eigenvalue weighted by molar-refractivity contribution is -0.115. The number of hydrogen-bond donors (Lipinski definition) is 1. The molecule has 0 aliphatic heterocycles. The van der Waals surface area contributed by atoms with Crippen molar-refractivity contribution in [2.45, 2.75) is 19.1 Å². The van der Waals surface area contributed by atoms with Crippen LogP contribution in [0.1, 0.15) is 29.3 Å². The Morgan fingerprint density at radius 2 is 1.92 bits per heavy atom. The number of amides is 1. The van der Waals surface area contributed by atoms with E-state index in [9.17, 15) is 9.59 Å². The van der Waals surface area contributed by atoms with Gasteiger partial charge in [0.25, 0.3) is 0 Å². The van der Waals surface area contributed by atoms with Gasteiger partial charge in [0.2, 0.25) is 5.91 Å².